The first-order chi connectivity index (χ1) is 9.63. The molecule has 20 heavy (non-hydrogen) atoms. The van der Waals surface area contributed by atoms with E-state index in [9.17, 15) is 4.79 Å². The van der Waals surface area contributed by atoms with Crippen LogP contribution in [0, 0.1) is 5.92 Å². The van der Waals surface area contributed by atoms with Gasteiger partial charge in [-0.15, -0.1) is 0 Å². The van der Waals surface area contributed by atoms with Crippen LogP contribution in [0.25, 0.3) is 0 Å². The maximum atomic E-state index is 12.6. The first kappa shape index (κ1) is 13.9. The van der Waals surface area contributed by atoms with E-state index in [1.165, 1.54) is 12.8 Å². The van der Waals surface area contributed by atoms with E-state index in [0.717, 1.165) is 35.5 Å². The second kappa shape index (κ2) is 5.76. The molecule has 4 heteroatoms. The van der Waals surface area contributed by atoms with E-state index < -0.39 is 6.10 Å². The van der Waals surface area contributed by atoms with Gasteiger partial charge in [-0.1, -0.05) is 15.9 Å². The van der Waals surface area contributed by atoms with Crippen LogP contribution in [-0.4, -0.2) is 29.5 Å². The van der Waals surface area contributed by atoms with Crippen molar-refractivity contribution in [3.05, 3.63) is 28.7 Å². The van der Waals surface area contributed by atoms with Gasteiger partial charge in [-0.3, -0.25) is 4.79 Å². The number of hydrogen-bond donors (Lipinski definition) is 0. The van der Waals surface area contributed by atoms with Gasteiger partial charge < -0.3 is 9.64 Å². The summed E-state index contributed by atoms with van der Waals surface area (Å²) < 4.78 is 6.79. The number of carbonyl (C=O) groups is 1. The van der Waals surface area contributed by atoms with Crippen LogP contribution in [0.5, 0.6) is 5.75 Å². The van der Waals surface area contributed by atoms with Gasteiger partial charge in [-0.25, -0.2) is 0 Å². The Bertz CT molecular complexity index is 480. The minimum absolute atomic E-state index is 0.141. The molecular weight excluding hydrogens is 318 g/mol. The second-order valence-corrected chi connectivity index (χ2v) is 6.79. The fourth-order valence-electron chi connectivity index (χ4n) is 2.39. The molecule has 3 rings (SSSR count). The molecule has 1 aromatic carbocycles. The van der Waals surface area contributed by atoms with Crippen LogP contribution in [0.1, 0.15) is 32.6 Å². The quantitative estimate of drug-likeness (QED) is 0.793. The number of nitrogens with zero attached hydrogens (tertiary/aromatic N) is 1. The summed E-state index contributed by atoms with van der Waals surface area (Å²) >= 11 is 3.39. The number of carbonyl (C=O) groups excluding carboxylic acids is 1. The Morgan fingerprint density at radius 3 is 2.50 bits per heavy atom. The van der Waals surface area contributed by atoms with Gasteiger partial charge in [0.15, 0.2) is 6.10 Å². The number of rotatable bonds is 6. The molecule has 0 N–H and O–H groups in total. The summed E-state index contributed by atoms with van der Waals surface area (Å²) in [6.07, 6.45) is 4.46. The fraction of sp³-hybridized carbons (Fsp3) is 0.562. The summed E-state index contributed by atoms with van der Waals surface area (Å²) in [4.78, 5) is 14.6. The zero-order valence-electron chi connectivity index (χ0n) is 11.7. The van der Waals surface area contributed by atoms with Gasteiger partial charge in [0.05, 0.1) is 0 Å². The van der Waals surface area contributed by atoms with Crippen LogP contribution in [0.3, 0.4) is 0 Å². The number of benzene rings is 1. The maximum Gasteiger partial charge on any atom is 0.263 e. The molecule has 2 saturated carbocycles. The topological polar surface area (TPSA) is 29.5 Å². The highest BCUT2D eigenvalue weighted by molar-refractivity contribution is 9.10. The van der Waals surface area contributed by atoms with Crippen molar-refractivity contribution < 1.29 is 9.53 Å². The van der Waals surface area contributed by atoms with E-state index in [4.69, 9.17) is 4.74 Å². The average molecular weight is 338 g/mol. The van der Waals surface area contributed by atoms with Crippen LogP contribution in [0.2, 0.25) is 0 Å². The lowest BCUT2D eigenvalue weighted by molar-refractivity contribution is -0.138. The van der Waals surface area contributed by atoms with Gasteiger partial charge in [-0.2, -0.15) is 0 Å². The van der Waals surface area contributed by atoms with Crippen LogP contribution in [-0.2, 0) is 4.79 Å². The third kappa shape index (κ3) is 3.54. The van der Waals surface area contributed by atoms with Gasteiger partial charge in [-0.05, 0) is 62.8 Å². The van der Waals surface area contributed by atoms with Gasteiger partial charge in [0.1, 0.15) is 5.75 Å². The molecule has 0 aliphatic heterocycles. The molecule has 0 heterocycles. The Morgan fingerprint density at radius 1 is 1.30 bits per heavy atom. The molecule has 1 aromatic rings. The molecular formula is C16H20BrNO2. The van der Waals surface area contributed by atoms with Crippen molar-refractivity contribution in [2.24, 2.45) is 5.92 Å². The van der Waals surface area contributed by atoms with E-state index in [0.29, 0.717) is 6.04 Å². The first-order valence-corrected chi connectivity index (χ1v) is 8.15. The smallest absolute Gasteiger partial charge is 0.263 e. The third-order valence-corrected chi connectivity index (χ3v) is 4.43. The number of hydrogen-bond acceptors (Lipinski definition) is 2. The summed E-state index contributed by atoms with van der Waals surface area (Å²) in [6, 6.07) is 8.09. The monoisotopic (exact) mass is 337 g/mol. The Hall–Kier alpha value is -1.03. The minimum Gasteiger partial charge on any atom is -0.481 e. The summed E-state index contributed by atoms with van der Waals surface area (Å²) in [6.45, 7) is 2.78. The van der Waals surface area contributed by atoms with Crippen molar-refractivity contribution in [3.63, 3.8) is 0 Å². The Balaban J connectivity index is 1.60. The Morgan fingerprint density at radius 2 is 1.95 bits per heavy atom. The van der Waals surface area contributed by atoms with Crippen molar-refractivity contribution in [1.82, 2.24) is 4.90 Å². The van der Waals surface area contributed by atoms with Crippen molar-refractivity contribution in [1.29, 1.82) is 0 Å². The van der Waals surface area contributed by atoms with Crippen molar-refractivity contribution >= 4 is 21.8 Å². The Labute approximate surface area is 128 Å². The molecule has 2 fully saturated rings. The average Bonchev–Trinajstić information content (AvgIpc) is 3.30. The van der Waals surface area contributed by atoms with Crippen molar-refractivity contribution in [3.8, 4) is 5.75 Å². The van der Waals surface area contributed by atoms with Gasteiger partial charge in [0, 0.05) is 17.1 Å². The molecule has 1 unspecified atom stereocenters. The number of amides is 1. The molecule has 2 aliphatic rings. The normalized spacial score (nSPS) is 19.5. The van der Waals surface area contributed by atoms with Crippen molar-refractivity contribution in [2.75, 3.05) is 6.54 Å². The standard InChI is InChI=1S/C16H20BrNO2/c1-11(20-15-8-4-13(17)5-9-15)16(19)18(14-6-7-14)10-12-2-3-12/h4-5,8-9,11-12,14H,2-3,6-7,10H2,1H3. The summed E-state index contributed by atoms with van der Waals surface area (Å²) in [5.74, 6) is 1.62. The van der Waals surface area contributed by atoms with Crippen LogP contribution >= 0.6 is 15.9 Å². The molecule has 1 amide bonds. The summed E-state index contributed by atoms with van der Waals surface area (Å²) in [5, 5.41) is 0. The molecule has 3 nitrogen and oxygen atoms in total. The summed E-state index contributed by atoms with van der Waals surface area (Å²) in [7, 11) is 0. The van der Waals surface area contributed by atoms with Gasteiger partial charge in [0.2, 0.25) is 0 Å². The molecule has 1 atom stereocenters. The van der Waals surface area contributed by atoms with Crippen LogP contribution in [0.4, 0.5) is 0 Å². The lowest BCUT2D eigenvalue weighted by atomic mass is 10.2. The zero-order valence-corrected chi connectivity index (χ0v) is 13.3. The van der Waals surface area contributed by atoms with E-state index in [1.807, 2.05) is 31.2 Å². The molecule has 2 aliphatic carbocycles. The predicted molar refractivity (Wildman–Crippen MR) is 81.7 cm³/mol. The Kier molecular flexibility index (Phi) is 4.01. The van der Waals surface area contributed by atoms with E-state index in [1.54, 1.807) is 0 Å². The highest BCUT2D eigenvalue weighted by atomic mass is 79.9. The SMILES string of the molecule is CC(Oc1ccc(Br)cc1)C(=O)N(CC1CC1)C1CC1. The lowest BCUT2D eigenvalue weighted by Gasteiger charge is -2.26. The molecule has 108 valence electrons. The molecule has 0 radical (unpaired) electrons. The van der Waals surface area contributed by atoms with Gasteiger partial charge in [0.25, 0.3) is 5.91 Å². The number of halogens is 1. The summed E-state index contributed by atoms with van der Waals surface area (Å²) in [5.41, 5.74) is 0. The lowest BCUT2D eigenvalue weighted by Crippen LogP contribution is -2.42. The van der Waals surface area contributed by atoms with Crippen LogP contribution in [0.15, 0.2) is 28.7 Å². The van der Waals surface area contributed by atoms with Crippen molar-refractivity contribution in [2.45, 2.75) is 44.8 Å². The zero-order chi connectivity index (χ0) is 14.1. The van der Waals surface area contributed by atoms with E-state index in [2.05, 4.69) is 20.8 Å². The van der Waals surface area contributed by atoms with E-state index in [-0.39, 0.29) is 5.91 Å². The predicted octanol–water partition coefficient (Wildman–Crippen LogP) is 3.62. The van der Waals surface area contributed by atoms with Crippen LogP contribution < -0.4 is 4.74 Å². The largest absolute Gasteiger partial charge is 0.481 e. The molecule has 0 bridgehead atoms. The highest BCUT2D eigenvalue weighted by Crippen LogP contribution is 2.35. The molecule has 0 spiro atoms. The number of ether oxygens (including phenoxy) is 1. The molecule has 0 saturated heterocycles. The minimum atomic E-state index is -0.407. The first-order valence-electron chi connectivity index (χ1n) is 7.36. The highest BCUT2D eigenvalue weighted by Gasteiger charge is 2.38. The molecule has 0 aromatic heterocycles. The van der Waals surface area contributed by atoms with E-state index >= 15 is 0 Å². The van der Waals surface area contributed by atoms with Gasteiger partial charge >= 0.3 is 0 Å². The fourth-order valence-corrected chi connectivity index (χ4v) is 2.65. The second-order valence-electron chi connectivity index (χ2n) is 5.88. The third-order valence-electron chi connectivity index (χ3n) is 3.90. The maximum absolute atomic E-state index is 12.6.